The lowest BCUT2D eigenvalue weighted by molar-refractivity contribution is -0.129. The van der Waals surface area contributed by atoms with Crippen LogP contribution in [0.1, 0.15) is 16.2 Å². The number of amides is 2. The fourth-order valence-corrected chi connectivity index (χ4v) is 2.71. The minimum Gasteiger partial charge on any atom is -0.354 e. The highest BCUT2D eigenvalue weighted by atomic mass is 19.2. The highest BCUT2D eigenvalue weighted by Crippen LogP contribution is 2.20. The van der Waals surface area contributed by atoms with Crippen molar-refractivity contribution in [3.63, 3.8) is 0 Å². The summed E-state index contributed by atoms with van der Waals surface area (Å²) in [6, 6.07) is 3.03. The Morgan fingerprint density at radius 3 is 2.68 bits per heavy atom. The van der Waals surface area contributed by atoms with Crippen molar-refractivity contribution in [1.82, 2.24) is 19.8 Å². The Labute approximate surface area is 143 Å². The number of imidazole rings is 1. The number of aryl methyl sites for hydroxylation is 1. The number of carbonyl (C=O) groups excluding carboxylic acids is 2. The predicted molar refractivity (Wildman–Crippen MR) is 85.7 cm³/mol. The first kappa shape index (κ1) is 17.1. The van der Waals surface area contributed by atoms with Crippen LogP contribution >= 0.6 is 0 Å². The van der Waals surface area contributed by atoms with E-state index >= 15 is 0 Å². The fourth-order valence-electron chi connectivity index (χ4n) is 2.71. The molecule has 1 aliphatic heterocycles. The van der Waals surface area contributed by atoms with E-state index in [1.807, 2.05) is 17.7 Å². The lowest BCUT2D eigenvalue weighted by Crippen LogP contribution is -2.56. The first-order chi connectivity index (χ1) is 12.0. The van der Waals surface area contributed by atoms with E-state index in [4.69, 9.17) is 0 Å². The van der Waals surface area contributed by atoms with Crippen LogP contribution in [0.25, 0.3) is 0 Å². The molecular formula is C17H18F2N4O2. The van der Waals surface area contributed by atoms with Crippen molar-refractivity contribution < 1.29 is 18.4 Å². The third-order valence-corrected chi connectivity index (χ3v) is 4.28. The van der Waals surface area contributed by atoms with Gasteiger partial charge < -0.3 is 14.8 Å². The van der Waals surface area contributed by atoms with Crippen molar-refractivity contribution in [3.05, 3.63) is 53.6 Å². The first-order valence-corrected chi connectivity index (χ1v) is 7.95. The minimum atomic E-state index is -1.06. The van der Waals surface area contributed by atoms with Gasteiger partial charge in [-0.05, 0) is 25.1 Å². The van der Waals surface area contributed by atoms with Crippen LogP contribution in [-0.2, 0) is 11.3 Å². The van der Waals surface area contributed by atoms with E-state index in [0.29, 0.717) is 13.1 Å². The number of nitrogens with one attached hydrogen (secondary N) is 1. The maximum absolute atomic E-state index is 13.2. The number of likely N-dealkylation sites (tertiary alicyclic amines) is 1. The largest absolute Gasteiger partial charge is 0.354 e. The van der Waals surface area contributed by atoms with E-state index in [1.165, 1.54) is 11.0 Å². The maximum atomic E-state index is 13.2. The third kappa shape index (κ3) is 3.67. The molecule has 1 aromatic heterocycles. The molecule has 132 valence electrons. The predicted octanol–water partition coefficient (Wildman–Crippen LogP) is 1.36. The van der Waals surface area contributed by atoms with Crippen molar-refractivity contribution in [3.8, 4) is 0 Å². The third-order valence-electron chi connectivity index (χ3n) is 4.28. The minimum absolute atomic E-state index is 0.0772. The second kappa shape index (κ2) is 7.00. The van der Waals surface area contributed by atoms with Crippen molar-refractivity contribution in [1.29, 1.82) is 0 Å². The van der Waals surface area contributed by atoms with Gasteiger partial charge in [-0.2, -0.15) is 0 Å². The molecule has 1 aromatic carbocycles. The zero-order valence-corrected chi connectivity index (χ0v) is 13.7. The van der Waals surface area contributed by atoms with Crippen LogP contribution in [-0.4, -0.2) is 45.9 Å². The zero-order valence-electron chi connectivity index (χ0n) is 13.7. The fraction of sp³-hybridized carbons (Fsp3) is 0.353. The summed E-state index contributed by atoms with van der Waals surface area (Å²) in [7, 11) is 0. The maximum Gasteiger partial charge on any atom is 0.254 e. The molecule has 3 rings (SSSR count). The van der Waals surface area contributed by atoms with E-state index < -0.39 is 17.5 Å². The van der Waals surface area contributed by atoms with Crippen molar-refractivity contribution in [2.45, 2.75) is 13.5 Å². The van der Waals surface area contributed by atoms with Crippen LogP contribution in [0.2, 0.25) is 0 Å². The number of rotatable bonds is 5. The summed E-state index contributed by atoms with van der Waals surface area (Å²) in [5.74, 6) is -1.98. The van der Waals surface area contributed by atoms with Gasteiger partial charge in [-0.25, -0.2) is 13.8 Å². The first-order valence-electron chi connectivity index (χ1n) is 7.95. The average molecular weight is 348 g/mol. The second-order valence-electron chi connectivity index (χ2n) is 5.99. The summed E-state index contributed by atoms with van der Waals surface area (Å²) in [4.78, 5) is 29.8. The number of benzene rings is 1. The Morgan fingerprint density at radius 2 is 2.04 bits per heavy atom. The Kier molecular flexibility index (Phi) is 4.78. The van der Waals surface area contributed by atoms with E-state index in [-0.39, 0.29) is 30.5 Å². The van der Waals surface area contributed by atoms with Gasteiger partial charge in [0.05, 0.1) is 5.92 Å². The zero-order chi connectivity index (χ0) is 18.0. The highest BCUT2D eigenvalue weighted by Gasteiger charge is 2.36. The number of halogens is 2. The summed E-state index contributed by atoms with van der Waals surface area (Å²) in [6.45, 7) is 3.53. The Hall–Kier alpha value is -2.77. The molecule has 8 heteroatoms. The highest BCUT2D eigenvalue weighted by molar-refractivity contribution is 5.96. The molecule has 0 radical (unpaired) electrons. The summed E-state index contributed by atoms with van der Waals surface area (Å²) in [6.07, 6.45) is 3.54. The molecular weight excluding hydrogens is 330 g/mol. The van der Waals surface area contributed by atoms with E-state index in [1.54, 1.807) is 6.20 Å². The summed E-state index contributed by atoms with van der Waals surface area (Å²) in [5.41, 5.74) is 0.0772. The van der Waals surface area contributed by atoms with Crippen molar-refractivity contribution in [2.75, 3.05) is 19.6 Å². The van der Waals surface area contributed by atoms with Crippen LogP contribution in [0, 0.1) is 24.5 Å². The van der Waals surface area contributed by atoms with Crippen molar-refractivity contribution >= 4 is 11.8 Å². The molecule has 1 fully saturated rings. The van der Waals surface area contributed by atoms with Gasteiger partial charge in [-0.15, -0.1) is 0 Å². The lowest BCUT2D eigenvalue weighted by Gasteiger charge is -2.38. The van der Waals surface area contributed by atoms with Gasteiger partial charge in [-0.1, -0.05) is 0 Å². The monoisotopic (exact) mass is 348 g/mol. The van der Waals surface area contributed by atoms with Gasteiger partial charge in [0.15, 0.2) is 11.6 Å². The molecule has 0 aliphatic carbocycles. The molecule has 6 nitrogen and oxygen atoms in total. The molecule has 2 heterocycles. The second-order valence-corrected chi connectivity index (χ2v) is 5.99. The Bertz CT molecular complexity index is 800. The number of hydrogen-bond donors (Lipinski definition) is 1. The van der Waals surface area contributed by atoms with Gasteiger partial charge in [0.25, 0.3) is 5.91 Å². The Balaban J connectivity index is 1.45. The van der Waals surface area contributed by atoms with Crippen LogP contribution in [0.15, 0.2) is 30.6 Å². The number of hydrogen-bond acceptors (Lipinski definition) is 3. The van der Waals surface area contributed by atoms with E-state index in [2.05, 4.69) is 10.3 Å². The molecule has 0 spiro atoms. The van der Waals surface area contributed by atoms with Crippen LogP contribution < -0.4 is 5.32 Å². The van der Waals surface area contributed by atoms with Gasteiger partial charge in [-0.3, -0.25) is 9.59 Å². The summed E-state index contributed by atoms with van der Waals surface area (Å²) < 4.78 is 28.0. The molecule has 0 saturated carbocycles. The SMILES string of the molecule is Cc1nccn1CCNC(=O)C1CN(C(=O)c2ccc(F)c(F)c2)C1. The quantitative estimate of drug-likeness (QED) is 0.887. The van der Waals surface area contributed by atoms with Gasteiger partial charge in [0, 0.05) is 44.1 Å². The number of aromatic nitrogens is 2. The normalized spacial score (nSPS) is 14.3. The standard InChI is InChI=1S/C17H18F2N4O2/c1-11-20-4-6-22(11)7-5-21-16(24)13-9-23(10-13)17(25)12-2-3-14(18)15(19)8-12/h2-4,6,8,13H,5,7,9-10H2,1H3,(H,21,24). The summed E-state index contributed by atoms with van der Waals surface area (Å²) in [5, 5.41) is 2.83. The van der Waals surface area contributed by atoms with Crippen LogP contribution in [0.3, 0.4) is 0 Å². The van der Waals surface area contributed by atoms with Gasteiger partial charge in [0.2, 0.25) is 5.91 Å². The van der Waals surface area contributed by atoms with Crippen molar-refractivity contribution in [2.24, 2.45) is 5.92 Å². The summed E-state index contributed by atoms with van der Waals surface area (Å²) >= 11 is 0. The molecule has 2 aromatic rings. The lowest BCUT2D eigenvalue weighted by atomic mass is 9.98. The topological polar surface area (TPSA) is 67.2 Å². The van der Waals surface area contributed by atoms with Crippen LogP contribution in [0.4, 0.5) is 8.78 Å². The number of carbonyl (C=O) groups is 2. The van der Waals surface area contributed by atoms with Gasteiger partial charge in [0.1, 0.15) is 5.82 Å². The average Bonchev–Trinajstić information content (AvgIpc) is 2.94. The van der Waals surface area contributed by atoms with E-state index in [9.17, 15) is 18.4 Å². The van der Waals surface area contributed by atoms with Crippen LogP contribution in [0.5, 0.6) is 0 Å². The molecule has 1 aliphatic rings. The number of nitrogens with zero attached hydrogens (tertiary/aromatic N) is 3. The Morgan fingerprint density at radius 1 is 1.28 bits per heavy atom. The molecule has 1 N–H and O–H groups in total. The molecule has 0 unspecified atom stereocenters. The molecule has 25 heavy (non-hydrogen) atoms. The smallest absolute Gasteiger partial charge is 0.254 e. The molecule has 0 atom stereocenters. The van der Waals surface area contributed by atoms with E-state index in [0.717, 1.165) is 18.0 Å². The molecule has 2 amide bonds. The molecule has 0 bridgehead atoms. The van der Waals surface area contributed by atoms with Gasteiger partial charge >= 0.3 is 0 Å². The molecule has 1 saturated heterocycles.